The molecule has 0 aliphatic heterocycles. The molecule has 1 aromatic carbocycles. The Morgan fingerprint density at radius 1 is 1.28 bits per heavy atom. The van der Waals surface area contributed by atoms with Crippen LogP contribution in [-0.2, 0) is 13.6 Å². The average molecular weight is 262 g/mol. The van der Waals surface area contributed by atoms with Crippen LogP contribution in [0.3, 0.4) is 0 Å². The van der Waals surface area contributed by atoms with Gasteiger partial charge in [-0.1, -0.05) is 18.2 Å². The van der Waals surface area contributed by atoms with E-state index in [0.29, 0.717) is 4.75 Å². The Hall–Kier alpha value is -0.930. The fraction of sp³-hybridized carbons (Fsp3) is 0.467. The summed E-state index contributed by atoms with van der Waals surface area (Å²) in [5.74, 6) is 0. The lowest BCUT2D eigenvalue weighted by Gasteiger charge is -2.22. The molecule has 2 aromatic rings. The summed E-state index contributed by atoms with van der Waals surface area (Å²) in [4.78, 5) is 0. The van der Waals surface area contributed by atoms with Crippen LogP contribution in [0.2, 0.25) is 0 Å². The number of aromatic nitrogens is 1. The number of hydrogen-bond acceptors (Lipinski definition) is 2. The Morgan fingerprint density at radius 3 is 2.72 bits per heavy atom. The minimum Gasteiger partial charge on any atom is -0.350 e. The van der Waals surface area contributed by atoms with Crippen LogP contribution in [0.15, 0.2) is 30.5 Å². The van der Waals surface area contributed by atoms with Crippen LogP contribution in [0, 0.1) is 0 Å². The van der Waals surface area contributed by atoms with Gasteiger partial charge in [-0.15, -0.1) is 0 Å². The van der Waals surface area contributed by atoms with Crippen LogP contribution >= 0.6 is 11.8 Å². The van der Waals surface area contributed by atoms with Crippen LogP contribution in [0.25, 0.3) is 10.9 Å². The highest BCUT2D eigenvalue weighted by Gasteiger charge is 2.15. The molecule has 18 heavy (non-hydrogen) atoms. The van der Waals surface area contributed by atoms with Gasteiger partial charge >= 0.3 is 0 Å². The molecule has 0 amide bonds. The van der Waals surface area contributed by atoms with E-state index in [9.17, 15) is 0 Å². The predicted octanol–water partition coefficient (Wildman–Crippen LogP) is 3.41. The van der Waals surface area contributed by atoms with E-state index in [1.807, 2.05) is 11.8 Å². The molecule has 0 unspecified atom stereocenters. The Bertz CT molecular complexity index is 528. The summed E-state index contributed by atoms with van der Waals surface area (Å²) in [6.07, 6.45) is 4.39. The summed E-state index contributed by atoms with van der Waals surface area (Å²) in [7, 11) is 2.11. The lowest BCUT2D eigenvalue weighted by molar-refractivity contribution is 0.592. The summed E-state index contributed by atoms with van der Waals surface area (Å²) in [6, 6.07) is 8.57. The lowest BCUT2D eigenvalue weighted by Crippen LogP contribution is -2.31. The highest BCUT2D eigenvalue weighted by molar-refractivity contribution is 7.99. The maximum atomic E-state index is 3.56. The first-order valence-corrected chi connectivity index (χ1v) is 7.55. The van der Waals surface area contributed by atoms with Gasteiger partial charge in [-0.25, -0.2) is 0 Å². The van der Waals surface area contributed by atoms with Crippen molar-refractivity contribution in [3.8, 4) is 0 Å². The van der Waals surface area contributed by atoms with Crippen molar-refractivity contribution in [1.82, 2.24) is 9.88 Å². The maximum absolute atomic E-state index is 3.56. The van der Waals surface area contributed by atoms with Gasteiger partial charge in [-0.2, -0.15) is 11.8 Å². The van der Waals surface area contributed by atoms with Crippen LogP contribution in [-0.4, -0.2) is 22.1 Å². The van der Waals surface area contributed by atoms with Crippen molar-refractivity contribution in [3.63, 3.8) is 0 Å². The third-order valence-electron chi connectivity index (χ3n) is 3.40. The third kappa shape index (κ3) is 2.90. The minimum absolute atomic E-state index is 0.296. The van der Waals surface area contributed by atoms with Gasteiger partial charge in [0.1, 0.15) is 0 Å². The van der Waals surface area contributed by atoms with Crippen LogP contribution < -0.4 is 5.32 Å². The Morgan fingerprint density at radius 2 is 2.00 bits per heavy atom. The molecule has 0 bridgehead atoms. The molecule has 0 fully saturated rings. The molecule has 2 nitrogen and oxygen atoms in total. The topological polar surface area (TPSA) is 17.0 Å². The lowest BCUT2D eigenvalue weighted by atomic mass is 10.1. The molecule has 1 heterocycles. The fourth-order valence-electron chi connectivity index (χ4n) is 2.14. The van der Waals surface area contributed by atoms with Crippen molar-refractivity contribution in [2.24, 2.45) is 7.05 Å². The van der Waals surface area contributed by atoms with E-state index in [2.05, 4.69) is 67.5 Å². The molecule has 1 aromatic heterocycles. The molecule has 0 radical (unpaired) electrons. The van der Waals surface area contributed by atoms with Gasteiger partial charge in [-0.05, 0) is 31.7 Å². The van der Waals surface area contributed by atoms with Gasteiger partial charge in [-0.3, -0.25) is 0 Å². The van der Waals surface area contributed by atoms with E-state index in [1.54, 1.807) is 0 Å². The zero-order valence-electron chi connectivity index (χ0n) is 11.7. The normalized spacial score (nSPS) is 12.2. The molecular weight excluding hydrogens is 240 g/mol. The van der Waals surface area contributed by atoms with Crippen LogP contribution in [0.4, 0.5) is 0 Å². The zero-order valence-corrected chi connectivity index (χ0v) is 12.5. The SMILES string of the molecule is CSC(C)(C)CNCc1cn(C)c2ccccc12. The fourth-order valence-corrected chi connectivity index (χ4v) is 2.38. The van der Waals surface area contributed by atoms with Crippen molar-refractivity contribution in [2.75, 3.05) is 12.8 Å². The zero-order chi connectivity index (χ0) is 13.2. The Labute approximate surface area is 114 Å². The van der Waals surface area contributed by atoms with Gasteiger partial charge in [0, 0.05) is 42.0 Å². The van der Waals surface area contributed by atoms with Crippen molar-refractivity contribution in [2.45, 2.75) is 25.1 Å². The predicted molar refractivity (Wildman–Crippen MR) is 82.2 cm³/mol. The minimum atomic E-state index is 0.296. The third-order valence-corrected chi connectivity index (χ3v) is 4.65. The molecule has 0 spiro atoms. The summed E-state index contributed by atoms with van der Waals surface area (Å²) in [5.41, 5.74) is 2.68. The molecule has 98 valence electrons. The summed E-state index contributed by atoms with van der Waals surface area (Å²) >= 11 is 1.90. The van der Waals surface area contributed by atoms with Gasteiger partial charge in [0.05, 0.1) is 0 Å². The first-order chi connectivity index (χ1) is 8.53. The number of aryl methyl sites for hydroxylation is 1. The van der Waals surface area contributed by atoms with E-state index in [-0.39, 0.29) is 0 Å². The molecule has 1 N–H and O–H groups in total. The standard InChI is InChI=1S/C15H22N2S/c1-15(2,18-4)11-16-9-12-10-17(3)14-8-6-5-7-13(12)14/h5-8,10,16H,9,11H2,1-4H3. The van der Waals surface area contributed by atoms with Crippen molar-refractivity contribution < 1.29 is 0 Å². The van der Waals surface area contributed by atoms with Gasteiger partial charge in [0.25, 0.3) is 0 Å². The molecule has 3 heteroatoms. The molecule has 0 aliphatic carbocycles. The number of para-hydroxylation sites is 1. The quantitative estimate of drug-likeness (QED) is 0.889. The van der Waals surface area contributed by atoms with E-state index >= 15 is 0 Å². The molecule has 0 aliphatic rings. The summed E-state index contributed by atoms with van der Waals surface area (Å²) in [5, 5.41) is 4.92. The van der Waals surface area contributed by atoms with Gasteiger partial charge in [0.15, 0.2) is 0 Å². The molecule has 0 atom stereocenters. The average Bonchev–Trinajstić information content (AvgIpc) is 2.67. The second-order valence-electron chi connectivity index (χ2n) is 5.35. The monoisotopic (exact) mass is 262 g/mol. The number of benzene rings is 1. The van der Waals surface area contributed by atoms with E-state index in [4.69, 9.17) is 0 Å². The number of fused-ring (bicyclic) bond motifs is 1. The first kappa shape index (κ1) is 13.5. The Balaban J connectivity index is 2.09. The smallest absolute Gasteiger partial charge is 0.0481 e. The highest BCUT2D eigenvalue weighted by atomic mass is 32.2. The molecule has 2 rings (SSSR count). The molecule has 0 saturated heterocycles. The van der Waals surface area contributed by atoms with Crippen molar-refractivity contribution in [1.29, 1.82) is 0 Å². The number of nitrogens with one attached hydrogen (secondary N) is 1. The second-order valence-corrected chi connectivity index (χ2v) is 6.86. The van der Waals surface area contributed by atoms with Crippen LogP contribution in [0.5, 0.6) is 0 Å². The number of nitrogens with zero attached hydrogens (tertiary/aromatic N) is 1. The van der Waals surface area contributed by atoms with E-state index < -0.39 is 0 Å². The molecule has 0 saturated carbocycles. The van der Waals surface area contributed by atoms with Gasteiger partial charge in [0.2, 0.25) is 0 Å². The number of hydrogen-bond donors (Lipinski definition) is 1. The van der Waals surface area contributed by atoms with E-state index in [0.717, 1.165) is 13.1 Å². The largest absolute Gasteiger partial charge is 0.350 e. The highest BCUT2D eigenvalue weighted by Crippen LogP contribution is 2.22. The van der Waals surface area contributed by atoms with Crippen LogP contribution in [0.1, 0.15) is 19.4 Å². The maximum Gasteiger partial charge on any atom is 0.0481 e. The molecular formula is C15H22N2S. The van der Waals surface area contributed by atoms with Crippen molar-refractivity contribution in [3.05, 3.63) is 36.0 Å². The number of rotatable bonds is 5. The summed E-state index contributed by atoms with van der Waals surface area (Å²) < 4.78 is 2.50. The second kappa shape index (κ2) is 5.37. The first-order valence-electron chi connectivity index (χ1n) is 6.32. The van der Waals surface area contributed by atoms with E-state index in [1.165, 1.54) is 16.5 Å². The Kier molecular flexibility index (Phi) is 4.03. The van der Waals surface area contributed by atoms with Crippen molar-refractivity contribution >= 4 is 22.7 Å². The summed E-state index contributed by atoms with van der Waals surface area (Å²) in [6.45, 7) is 6.50. The van der Waals surface area contributed by atoms with Gasteiger partial charge < -0.3 is 9.88 Å². The number of thioether (sulfide) groups is 1.